The van der Waals surface area contributed by atoms with E-state index in [1.54, 1.807) is 0 Å². The van der Waals surface area contributed by atoms with Gasteiger partial charge < -0.3 is 19.9 Å². The number of unbranched alkanes of at least 4 members (excludes halogenated alkanes) is 2. The zero-order valence-electron chi connectivity index (χ0n) is 15.7. The van der Waals surface area contributed by atoms with Crippen molar-refractivity contribution < 1.29 is 19.4 Å². The molecule has 0 aliphatic heterocycles. The number of anilines is 1. The first-order chi connectivity index (χ1) is 11.4. The highest BCUT2D eigenvalue weighted by Crippen LogP contribution is 2.09. The van der Waals surface area contributed by atoms with Gasteiger partial charge >= 0.3 is 5.97 Å². The summed E-state index contributed by atoms with van der Waals surface area (Å²) < 4.78 is 10.5. The fraction of sp³-hybridized carbons (Fsp3) is 0.632. The van der Waals surface area contributed by atoms with Crippen molar-refractivity contribution in [2.24, 2.45) is 0 Å². The fourth-order valence-corrected chi connectivity index (χ4v) is 1.94. The average Bonchev–Trinajstić information content (AvgIpc) is 2.52. The van der Waals surface area contributed by atoms with E-state index in [1.165, 1.54) is 5.56 Å². The van der Waals surface area contributed by atoms with Gasteiger partial charge in [0.1, 0.15) is 12.2 Å². The summed E-state index contributed by atoms with van der Waals surface area (Å²) in [5.41, 5.74) is 1.99. The number of nitrogens with one attached hydrogen (secondary N) is 1. The summed E-state index contributed by atoms with van der Waals surface area (Å²) >= 11 is 0. The Labute approximate surface area is 146 Å². The number of carbonyl (C=O) groups excluding carboxylic acids is 1. The van der Waals surface area contributed by atoms with Crippen LogP contribution in [0.5, 0.6) is 0 Å². The third-order valence-corrected chi connectivity index (χ3v) is 2.99. The van der Waals surface area contributed by atoms with E-state index in [-0.39, 0.29) is 12.6 Å². The Kier molecular flexibility index (Phi) is 11.9. The first-order valence-corrected chi connectivity index (χ1v) is 8.42. The summed E-state index contributed by atoms with van der Waals surface area (Å²) in [6.07, 6.45) is 3.12. The number of benzene rings is 1. The molecular formula is C19H33NO4. The molecule has 0 saturated carbocycles. The molecule has 24 heavy (non-hydrogen) atoms. The van der Waals surface area contributed by atoms with Crippen LogP contribution in [0.25, 0.3) is 0 Å². The Morgan fingerprint density at radius 3 is 2.29 bits per heavy atom. The third-order valence-electron chi connectivity index (χ3n) is 2.99. The molecular weight excluding hydrogens is 306 g/mol. The number of ether oxygens (including phenoxy) is 2. The summed E-state index contributed by atoms with van der Waals surface area (Å²) in [7, 11) is 1.00. The summed E-state index contributed by atoms with van der Waals surface area (Å²) in [6, 6.07) is 8.40. The van der Waals surface area contributed by atoms with E-state index in [9.17, 15) is 4.79 Å². The van der Waals surface area contributed by atoms with Crippen LogP contribution in [0.1, 0.15) is 45.6 Å². The van der Waals surface area contributed by atoms with Crippen molar-refractivity contribution >= 4 is 11.7 Å². The summed E-state index contributed by atoms with van der Waals surface area (Å²) in [6.45, 7) is 9.24. The van der Waals surface area contributed by atoms with E-state index in [0.29, 0.717) is 6.61 Å². The van der Waals surface area contributed by atoms with Crippen LogP contribution in [-0.4, -0.2) is 43.5 Å². The maximum atomic E-state index is 11.4. The van der Waals surface area contributed by atoms with Crippen LogP contribution in [0.3, 0.4) is 0 Å². The van der Waals surface area contributed by atoms with Crippen molar-refractivity contribution in [1.29, 1.82) is 0 Å². The van der Waals surface area contributed by atoms with Crippen LogP contribution in [0, 0.1) is 6.92 Å². The SMILES string of the molecule is CO.Cc1ccc(NCCCCCOCC(=O)OC(C)(C)C)cc1. The summed E-state index contributed by atoms with van der Waals surface area (Å²) in [5.74, 6) is -0.298. The molecule has 1 aromatic carbocycles. The molecule has 0 saturated heterocycles. The zero-order valence-corrected chi connectivity index (χ0v) is 15.7. The Morgan fingerprint density at radius 1 is 1.08 bits per heavy atom. The zero-order chi connectivity index (χ0) is 18.4. The van der Waals surface area contributed by atoms with Gasteiger partial charge in [0.15, 0.2) is 0 Å². The predicted octanol–water partition coefficient (Wildman–Crippen LogP) is 3.54. The normalized spacial score (nSPS) is 10.6. The van der Waals surface area contributed by atoms with E-state index < -0.39 is 5.60 Å². The summed E-state index contributed by atoms with van der Waals surface area (Å²) in [5, 5.41) is 10.4. The molecule has 0 spiro atoms. The van der Waals surface area contributed by atoms with Crippen LogP contribution in [0.15, 0.2) is 24.3 Å². The number of aryl methyl sites for hydroxylation is 1. The molecule has 0 fully saturated rings. The molecule has 0 aromatic heterocycles. The minimum atomic E-state index is -0.442. The first-order valence-electron chi connectivity index (χ1n) is 8.42. The number of esters is 1. The molecule has 1 rings (SSSR count). The monoisotopic (exact) mass is 339 g/mol. The molecule has 0 heterocycles. The number of rotatable bonds is 9. The Hall–Kier alpha value is -1.59. The van der Waals surface area contributed by atoms with E-state index in [1.807, 2.05) is 20.8 Å². The third kappa shape index (κ3) is 12.9. The smallest absolute Gasteiger partial charge is 0.332 e. The van der Waals surface area contributed by atoms with Gasteiger partial charge in [-0.1, -0.05) is 17.7 Å². The van der Waals surface area contributed by atoms with Gasteiger partial charge in [0, 0.05) is 25.9 Å². The minimum absolute atomic E-state index is 0.0406. The van der Waals surface area contributed by atoms with E-state index >= 15 is 0 Å². The lowest BCUT2D eigenvalue weighted by Gasteiger charge is -2.19. The number of hydrogen-bond acceptors (Lipinski definition) is 5. The molecule has 0 bridgehead atoms. The second-order valence-electron chi connectivity index (χ2n) is 6.49. The molecule has 1 aromatic rings. The lowest BCUT2D eigenvalue weighted by Crippen LogP contribution is -2.26. The standard InChI is InChI=1S/C18H29NO3.CH4O/c1-15-8-10-16(11-9-15)19-12-6-5-7-13-21-14-17(20)22-18(2,3)4;1-2/h8-11,19H,5-7,12-14H2,1-4H3;2H,1H3. The lowest BCUT2D eigenvalue weighted by molar-refractivity contribution is -0.160. The van der Waals surface area contributed by atoms with E-state index in [0.717, 1.165) is 38.6 Å². The molecule has 2 N–H and O–H groups in total. The van der Waals surface area contributed by atoms with Crippen LogP contribution >= 0.6 is 0 Å². The van der Waals surface area contributed by atoms with Crippen LogP contribution < -0.4 is 5.32 Å². The van der Waals surface area contributed by atoms with E-state index in [2.05, 4.69) is 36.5 Å². The van der Waals surface area contributed by atoms with Crippen molar-refractivity contribution in [3.8, 4) is 0 Å². The van der Waals surface area contributed by atoms with Crippen LogP contribution in [0.2, 0.25) is 0 Å². The molecule has 0 amide bonds. The van der Waals surface area contributed by atoms with Gasteiger partial charge in [-0.3, -0.25) is 0 Å². The molecule has 0 radical (unpaired) electrons. The number of hydrogen-bond donors (Lipinski definition) is 2. The maximum Gasteiger partial charge on any atom is 0.332 e. The van der Waals surface area contributed by atoms with Crippen LogP contribution in [0.4, 0.5) is 5.69 Å². The average molecular weight is 339 g/mol. The molecule has 0 aliphatic rings. The Morgan fingerprint density at radius 2 is 1.71 bits per heavy atom. The number of aliphatic hydroxyl groups is 1. The highest BCUT2D eigenvalue weighted by atomic mass is 16.6. The molecule has 138 valence electrons. The maximum absolute atomic E-state index is 11.4. The Balaban J connectivity index is 0.00000254. The molecule has 0 unspecified atom stereocenters. The van der Waals surface area contributed by atoms with Gasteiger partial charge in [0.05, 0.1) is 0 Å². The van der Waals surface area contributed by atoms with Crippen molar-refractivity contribution in [1.82, 2.24) is 0 Å². The van der Waals surface area contributed by atoms with Gasteiger partial charge in [0.25, 0.3) is 0 Å². The van der Waals surface area contributed by atoms with E-state index in [4.69, 9.17) is 14.6 Å². The molecule has 0 atom stereocenters. The summed E-state index contributed by atoms with van der Waals surface area (Å²) in [4.78, 5) is 11.4. The number of carbonyl (C=O) groups is 1. The van der Waals surface area contributed by atoms with Crippen molar-refractivity contribution in [3.05, 3.63) is 29.8 Å². The second kappa shape index (κ2) is 12.8. The quantitative estimate of drug-likeness (QED) is 0.532. The van der Waals surface area contributed by atoms with Gasteiger partial charge in [-0.2, -0.15) is 0 Å². The van der Waals surface area contributed by atoms with Gasteiger partial charge in [-0.15, -0.1) is 0 Å². The van der Waals surface area contributed by atoms with Gasteiger partial charge in [-0.25, -0.2) is 4.79 Å². The highest BCUT2D eigenvalue weighted by Gasteiger charge is 2.15. The largest absolute Gasteiger partial charge is 0.458 e. The lowest BCUT2D eigenvalue weighted by atomic mass is 10.2. The predicted molar refractivity (Wildman–Crippen MR) is 98.3 cm³/mol. The first kappa shape index (κ1) is 22.4. The van der Waals surface area contributed by atoms with Gasteiger partial charge in [-0.05, 0) is 59.1 Å². The minimum Gasteiger partial charge on any atom is -0.458 e. The topological polar surface area (TPSA) is 67.8 Å². The molecule has 0 aliphatic carbocycles. The van der Waals surface area contributed by atoms with Gasteiger partial charge in [0.2, 0.25) is 0 Å². The highest BCUT2D eigenvalue weighted by molar-refractivity contribution is 5.71. The van der Waals surface area contributed by atoms with Crippen LogP contribution in [-0.2, 0) is 14.3 Å². The fourth-order valence-electron chi connectivity index (χ4n) is 1.94. The van der Waals surface area contributed by atoms with Crippen molar-refractivity contribution in [2.45, 2.75) is 52.6 Å². The Bertz CT molecular complexity index is 438. The van der Waals surface area contributed by atoms with Crippen molar-refractivity contribution in [2.75, 3.05) is 32.2 Å². The number of aliphatic hydroxyl groups excluding tert-OH is 1. The van der Waals surface area contributed by atoms with Crippen molar-refractivity contribution in [3.63, 3.8) is 0 Å². The molecule has 5 heteroatoms. The molecule has 5 nitrogen and oxygen atoms in total. The second-order valence-corrected chi connectivity index (χ2v) is 6.49.